The molecule has 0 spiro atoms. The van der Waals surface area contributed by atoms with E-state index in [0.717, 1.165) is 12.1 Å². The first-order chi connectivity index (χ1) is 16.1. The quantitative estimate of drug-likeness (QED) is 0.195. The zero-order chi connectivity index (χ0) is 23.7. The van der Waals surface area contributed by atoms with Gasteiger partial charge in [-0.15, -0.1) is 0 Å². The van der Waals surface area contributed by atoms with Gasteiger partial charge < -0.3 is 10.1 Å². The molecule has 33 heavy (non-hydrogen) atoms. The lowest BCUT2D eigenvalue weighted by Gasteiger charge is -2.11. The maximum Gasteiger partial charge on any atom is 0.253 e. The van der Waals surface area contributed by atoms with Crippen LogP contribution in [-0.4, -0.2) is 12.5 Å². The highest BCUT2D eigenvalue weighted by molar-refractivity contribution is 6.35. The first-order valence-electron chi connectivity index (χ1n) is 12.8. The van der Waals surface area contributed by atoms with Gasteiger partial charge in [-0.25, -0.2) is 4.57 Å². The highest BCUT2D eigenvalue weighted by Gasteiger charge is 2.15. The van der Waals surface area contributed by atoms with Crippen LogP contribution in [0, 0.1) is 0 Å². The Labute approximate surface area is 205 Å². The Balaban J connectivity index is 1.61. The molecule has 0 saturated heterocycles. The molecule has 1 aromatic carbocycles. The summed E-state index contributed by atoms with van der Waals surface area (Å²) in [6, 6.07) is 11.3. The van der Waals surface area contributed by atoms with Crippen molar-refractivity contribution in [1.29, 1.82) is 0 Å². The molecule has 0 aliphatic carbocycles. The molecular weight excluding hydrogens is 432 g/mol. The molecule has 0 radical (unpaired) electrons. The number of carbonyl (C=O) groups excluding carboxylic acids is 1. The number of hydrogen-bond donors (Lipinski definition) is 1. The second-order valence-electron chi connectivity index (χ2n) is 8.84. The first kappa shape index (κ1) is 27.2. The van der Waals surface area contributed by atoms with Gasteiger partial charge in [0.15, 0.2) is 11.9 Å². The van der Waals surface area contributed by atoms with Crippen LogP contribution in [-0.2, 0) is 13.6 Å². The maximum atomic E-state index is 12.6. The van der Waals surface area contributed by atoms with Gasteiger partial charge in [-0.1, -0.05) is 101 Å². The van der Waals surface area contributed by atoms with Crippen molar-refractivity contribution in [2.45, 2.75) is 90.5 Å². The van der Waals surface area contributed by atoms with Crippen molar-refractivity contribution in [1.82, 2.24) is 5.32 Å². The minimum absolute atomic E-state index is 0.195. The average Bonchev–Trinajstić information content (AvgIpc) is 2.82. The van der Waals surface area contributed by atoms with Gasteiger partial charge in [0, 0.05) is 12.1 Å². The smallest absolute Gasteiger partial charge is 0.253 e. The molecule has 2 rings (SSSR count). The number of aryl methyl sites for hydroxylation is 1. The molecular formula is C28H42ClN2O2+. The Morgan fingerprint density at radius 1 is 0.879 bits per heavy atom. The van der Waals surface area contributed by atoms with Gasteiger partial charge in [-0.2, -0.15) is 0 Å². The van der Waals surface area contributed by atoms with Crippen LogP contribution in [0.2, 0.25) is 5.02 Å². The molecule has 0 aliphatic rings. The zero-order valence-corrected chi connectivity index (χ0v) is 21.3. The van der Waals surface area contributed by atoms with E-state index >= 15 is 0 Å². The molecule has 0 bridgehead atoms. The fourth-order valence-corrected chi connectivity index (χ4v) is 4.20. The Kier molecular flexibility index (Phi) is 13.6. The predicted octanol–water partition coefficient (Wildman–Crippen LogP) is 7.17. The molecule has 182 valence electrons. The van der Waals surface area contributed by atoms with E-state index in [1.165, 1.54) is 70.6 Å². The van der Waals surface area contributed by atoms with Crippen molar-refractivity contribution in [2.75, 3.05) is 6.61 Å². The fourth-order valence-electron chi connectivity index (χ4n) is 3.93. The number of ether oxygens (including phenoxy) is 1. The van der Waals surface area contributed by atoms with Crippen LogP contribution in [0.25, 0.3) is 0 Å². The minimum atomic E-state index is -0.195. The third kappa shape index (κ3) is 10.6. The Morgan fingerprint density at radius 3 is 2.15 bits per heavy atom. The fraction of sp³-hybridized carbons (Fsp3) is 0.571. The molecule has 5 heteroatoms. The number of amides is 1. The molecule has 4 nitrogen and oxygen atoms in total. The van der Waals surface area contributed by atoms with Gasteiger partial charge in [0.25, 0.3) is 5.91 Å². The molecule has 0 atom stereocenters. The largest absolute Gasteiger partial charge is 0.492 e. The van der Waals surface area contributed by atoms with Crippen molar-refractivity contribution in [2.24, 2.45) is 7.05 Å². The van der Waals surface area contributed by atoms with Gasteiger partial charge in [-0.05, 0) is 18.6 Å². The number of carbonyl (C=O) groups is 1. The summed E-state index contributed by atoms with van der Waals surface area (Å²) in [4.78, 5) is 12.6. The van der Waals surface area contributed by atoms with Crippen molar-refractivity contribution in [3.8, 4) is 5.75 Å². The van der Waals surface area contributed by atoms with E-state index in [1.807, 2.05) is 48.1 Å². The van der Waals surface area contributed by atoms with Crippen LogP contribution in [0.15, 0.2) is 42.6 Å². The van der Waals surface area contributed by atoms with E-state index in [-0.39, 0.29) is 5.91 Å². The van der Waals surface area contributed by atoms with Crippen molar-refractivity contribution < 1.29 is 14.1 Å². The van der Waals surface area contributed by atoms with Gasteiger partial charge in [0.1, 0.15) is 19.3 Å². The van der Waals surface area contributed by atoms with Crippen molar-refractivity contribution in [3.63, 3.8) is 0 Å². The summed E-state index contributed by atoms with van der Waals surface area (Å²) < 4.78 is 7.87. The van der Waals surface area contributed by atoms with Gasteiger partial charge in [0.05, 0.1) is 17.2 Å². The van der Waals surface area contributed by atoms with E-state index < -0.39 is 0 Å². The third-order valence-electron chi connectivity index (χ3n) is 6.06. The monoisotopic (exact) mass is 473 g/mol. The number of aromatic nitrogens is 1. The van der Waals surface area contributed by atoms with Crippen LogP contribution in [0.1, 0.15) is 100 Å². The van der Waals surface area contributed by atoms with E-state index in [2.05, 4.69) is 12.2 Å². The average molecular weight is 474 g/mol. The predicted molar refractivity (Wildman–Crippen MR) is 137 cm³/mol. The number of unbranched alkanes of at least 4 members (excludes halogenated alkanes) is 11. The molecule has 0 unspecified atom stereocenters. The van der Waals surface area contributed by atoms with Crippen LogP contribution in [0.3, 0.4) is 0 Å². The Morgan fingerprint density at radius 2 is 1.52 bits per heavy atom. The van der Waals surface area contributed by atoms with E-state index in [0.29, 0.717) is 29.5 Å². The molecule has 1 amide bonds. The van der Waals surface area contributed by atoms with E-state index in [4.69, 9.17) is 16.3 Å². The summed E-state index contributed by atoms with van der Waals surface area (Å²) in [5.41, 5.74) is 1.46. The lowest BCUT2D eigenvalue weighted by molar-refractivity contribution is -0.679. The summed E-state index contributed by atoms with van der Waals surface area (Å²) in [6.45, 7) is 3.34. The van der Waals surface area contributed by atoms with Crippen LogP contribution >= 0.6 is 11.6 Å². The highest BCUT2D eigenvalue weighted by atomic mass is 35.5. The molecule has 1 N–H and O–H groups in total. The lowest BCUT2D eigenvalue weighted by atomic mass is 10.1. The number of benzene rings is 1. The summed E-state index contributed by atoms with van der Waals surface area (Å²) in [6.07, 6.45) is 17.7. The molecule has 0 saturated carbocycles. The number of pyridine rings is 1. The third-order valence-corrected chi connectivity index (χ3v) is 6.45. The molecule has 0 fully saturated rings. The van der Waals surface area contributed by atoms with E-state index in [1.54, 1.807) is 6.07 Å². The number of nitrogens with one attached hydrogen (secondary N) is 1. The minimum Gasteiger partial charge on any atom is -0.492 e. The summed E-state index contributed by atoms with van der Waals surface area (Å²) in [5.74, 6) is 0.386. The van der Waals surface area contributed by atoms with Crippen molar-refractivity contribution >= 4 is 17.5 Å². The standard InChI is InChI=1S/C28H41ClN2O2/c1-3-4-5-6-7-8-9-10-11-12-13-16-22-33-26-20-17-19-25(27(26)29)28(32)30-23-24-18-14-15-21-31(24)2/h14-15,17-21H,3-13,16,22-23H2,1-2H3/p+1. The Hall–Kier alpha value is -2.07. The van der Waals surface area contributed by atoms with Crippen LogP contribution in [0.4, 0.5) is 0 Å². The number of rotatable bonds is 17. The number of halogens is 1. The normalized spacial score (nSPS) is 10.9. The molecule has 1 aromatic heterocycles. The van der Waals surface area contributed by atoms with Crippen LogP contribution < -0.4 is 14.6 Å². The maximum absolute atomic E-state index is 12.6. The number of nitrogens with zero attached hydrogens (tertiary/aromatic N) is 1. The second-order valence-corrected chi connectivity index (χ2v) is 9.22. The van der Waals surface area contributed by atoms with Crippen molar-refractivity contribution in [3.05, 3.63) is 58.9 Å². The zero-order valence-electron chi connectivity index (χ0n) is 20.6. The summed E-state index contributed by atoms with van der Waals surface area (Å²) in [5, 5.41) is 3.32. The van der Waals surface area contributed by atoms with Gasteiger partial charge in [0.2, 0.25) is 0 Å². The van der Waals surface area contributed by atoms with E-state index in [9.17, 15) is 4.79 Å². The molecule has 2 aromatic rings. The first-order valence-corrected chi connectivity index (χ1v) is 13.1. The Bertz CT molecular complexity index is 825. The molecule has 0 aliphatic heterocycles. The SMILES string of the molecule is CCCCCCCCCCCCCCOc1cccc(C(=O)NCc2cccc[n+]2C)c1Cl. The van der Waals surface area contributed by atoms with Gasteiger partial charge in [-0.3, -0.25) is 4.79 Å². The van der Waals surface area contributed by atoms with Gasteiger partial charge >= 0.3 is 0 Å². The number of hydrogen-bond acceptors (Lipinski definition) is 2. The highest BCUT2D eigenvalue weighted by Crippen LogP contribution is 2.28. The topological polar surface area (TPSA) is 42.2 Å². The van der Waals surface area contributed by atoms with Crippen LogP contribution in [0.5, 0.6) is 5.75 Å². The second kappa shape index (κ2) is 16.5. The lowest BCUT2D eigenvalue weighted by Crippen LogP contribution is -2.37. The molecule has 1 heterocycles. The summed E-state index contributed by atoms with van der Waals surface area (Å²) in [7, 11) is 1.96. The summed E-state index contributed by atoms with van der Waals surface area (Å²) >= 11 is 6.48.